The van der Waals surface area contributed by atoms with Crippen LogP contribution in [0.15, 0.2) is 24.5 Å². The summed E-state index contributed by atoms with van der Waals surface area (Å²) in [7, 11) is 0. The van der Waals surface area contributed by atoms with Crippen LogP contribution in [0.3, 0.4) is 0 Å². The van der Waals surface area contributed by atoms with Crippen LogP contribution in [0, 0.1) is 0 Å². The third kappa shape index (κ3) is 7.00. The van der Waals surface area contributed by atoms with Gasteiger partial charge in [-0.25, -0.2) is 0 Å². The van der Waals surface area contributed by atoms with E-state index in [-0.39, 0.29) is 11.6 Å². The Morgan fingerprint density at radius 3 is 2.59 bits per heavy atom. The summed E-state index contributed by atoms with van der Waals surface area (Å²) < 4.78 is 5.23. The van der Waals surface area contributed by atoms with Crippen molar-refractivity contribution in [2.75, 3.05) is 5.75 Å². The highest BCUT2D eigenvalue weighted by Gasteiger charge is 2.15. The summed E-state index contributed by atoms with van der Waals surface area (Å²) in [5, 5.41) is 0. The molecule has 1 aromatic rings. The summed E-state index contributed by atoms with van der Waals surface area (Å²) in [6.45, 7) is 5.65. The Kier molecular flexibility index (Phi) is 5.48. The molecule has 0 aromatic carbocycles. The molecule has 17 heavy (non-hydrogen) atoms. The van der Waals surface area contributed by atoms with Gasteiger partial charge in [-0.2, -0.15) is 11.8 Å². The van der Waals surface area contributed by atoms with Crippen LogP contribution in [0.2, 0.25) is 0 Å². The minimum atomic E-state index is -0.382. The zero-order chi connectivity index (χ0) is 12.7. The van der Waals surface area contributed by atoms with E-state index in [0.29, 0.717) is 6.42 Å². The fraction of sp³-hybridized carbons (Fsp3) is 0.538. The number of carbonyl (C=O) groups is 1. The molecule has 0 N–H and O–H groups in total. The summed E-state index contributed by atoms with van der Waals surface area (Å²) in [4.78, 5) is 15.4. The van der Waals surface area contributed by atoms with Gasteiger partial charge in [0.25, 0.3) is 0 Å². The summed E-state index contributed by atoms with van der Waals surface area (Å²) >= 11 is 1.73. The Morgan fingerprint density at radius 2 is 2.00 bits per heavy atom. The summed E-state index contributed by atoms with van der Waals surface area (Å²) in [6, 6.07) is 3.97. The minimum Gasteiger partial charge on any atom is -0.460 e. The molecule has 1 aromatic heterocycles. The zero-order valence-corrected chi connectivity index (χ0v) is 11.4. The van der Waals surface area contributed by atoms with E-state index in [4.69, 9.17) is 4.74 Å². The lowest BCUT2D eigenvalue weighted by atomic mass is 10.2. The molecule has 0 fully saturated rings. The normalized spacial score (nSPS) is 11.2. The zero-order valence-electron chi connectivity index (χ0n) is 10.6. The van der Waals surface area contributed by atoms with Crippen LogP contribution in [-0.2, 0) is 15.3 Å². The molecule has 0 saturated heterocycles. The second kappa shape index (κ2) is 6.64. The maximum absolute atomic E-state index is 11.4. The van der Waals surface area contributed by atoms with Crippen LogP contribution >= 0.6 is 11.8 Å². The maximum Gasteiger partial charge on any atom is 0.307 e. The highest BCUT2D eigenvalue weighted by molar-refractivity contribution is 7.98. The van der Waals surface area contributed by atoms with Crippen molar-refractivity contribution in [3.8, 4) is 0 Å². The van der Waals surface area contributed by atoms with Crippen molar-refractivity contribution in [2.24, 2.45) is 0 Å². The second-order valence-electron chi connectivity index (χ2n) is 4.74. The summed E-state index contributed by atoms with van der Waals surface area (Å²) in [6.07, 6.45) is 4.03. The van der Waals surface area contributed by atoms with Gasteiger partial charge in [-0.15, -0.1) is 0 Å². The molecule has 0 aliphatic carbocycles. The quantitative estimate of drug-likeness (QED) is 0.597. The number of rotatable bonds is 5. The fourth-order valence-corrected chi connectivity index (χ4v) is 2.10. The average molecular weight is 253 g/mol. The molecule has 0 spiro atoms. The Hall–Kier alpha value is -1.03. The summed E-state index contributed by atoms with van der Waals surface area (Å²) in [5.41, 5.74) is 0.849. The number of hydrogen-bond acceptors (Lipinski definition) is 4. The molecular weight excluding hydrogens is 234 g/mol. The first kappa shape index (κ1) is 14.0. The van der Waals surface area contributed by atoms with E-state index < -0.39 is 0 Å². The van der Waals surface area contributed by atoms with Crippen LogP contribution in [0.25, 0.3) is 0 Å². The van der Waals surface area contributed by atoms with Gasteiger partial charge in [-0.1, -0.05) is 0 Å². The SMILES string of the molecule is CC(C)(C)OC(=O)CCSCc1ccncc1. The van der Waals surface area contributed by atoms with Gasteiger partial charge in [0, 0.05) is 23.9 Å². The number of hydrogen-bond donors (Lipinski definition) is 0. The highest BCUT2D eigenvalue weighted by atomic mass is 32.2. The Labute approximate surface area is 107 Å². The number of pyridine rings is 1. The van der Waals surface area contributed by atoms with Gasteiger partial charge in [0.05, 0.1) is 6.42 Å². The molecule has 0 amide bonds. The molecule has 0 aliphatic rings. The molecule has 1 rings (SSSR count). The predicted octanol–water partition coefficient (Wildman–Crippen LogP) is 3.05. The number of aromatic nitrogens is 1. The van der Waals surface area contributed by atoms with Crippen LogP contribution in [0.5, 0.6) is 0 Å². The number of esters is 1. The maximum atomic E-state index is 11.4. The first-order valence-electron chi connectivity index (χ1n) is 5.66. The molecular formula is C13H19NO2S. The lowest BCUT2D eigenvalue weighted by Crippen LogP contribution is -2.24. The van der Waals surface area contributed by atoms with Crippen molar-refractivity contribution in [1.29, 1.82) is 0 Å². The van der Waals surface area contributed by atoms with Crippen LogP contribution in [0.1, 0.15) is 32.8 Å². The predicted molar refractivity (Wildman–Crippen MR) is 70.9 cm³/mol. The standard InChI is InChI=1S/C13H19NO2S/c1-13(2,3)16-12(15)6-9-17-10-11-4-7-14-8-5-11/h4-5,7-8H,6,9-10H2,1-3H3. The first-order valence-corrected chi connectivity index (χ1v) is 6.81. The van der Waals surface area contributed by atoms with Crippen LogP contribution < -0.4 is 0 Å². The number of nitrogens with zero attached hydrogens (tertiary/aromatic N) is 1. The Morgan fingerprint density at radius 1 is 1.35 bits per heavy atom. The topological polar surface area (TPSA) is 39.2 Å². The van der Waals surface area contributed by atoms with E-state index in [1.807, 2.05) is 32.9 Å². The monoisotopic (exact) mass is 253 g/mol. The van der Waals surface area contributed by atoms with Gasteiger partial charge >= 0.3 is 5.97 Å². The van der Waals surface area contributed by atoms with Crippen molar-refractivity contribution < 1.29 is 9.53 Å². The third-order valence-corrected chi connectivity index (χ3v) is 2.92. The third-order valence-electron chi connectivity index (χ3n) is 1.89. The first-order chi connectivity index (χ1) is 7.97. The molecule has 0 unspecified atom stereocenters. The van der Waals surface area contributed by atoms with E-state index in [0.717, 1.165) is 11.5 Å². The molecule has 3 nitrogen and oxygen atoms in total. The van der Waals surface area contributed by atoms with Crippen LogP contribution in [-0.4, -0.2) is 22.3 Å². The number of ether oxygens (including phenoxy) is 1. The Balaban J connectivity index is 2.14. The molecule has 0 radical (unpaired) electrons. The molecule has 0 atom stereocenters. The molecule has 0 saturated carbocycles. The van der Waals surface area contributed by atoms with Crippen molar-refractivity contribution in [3.05, 3.63) is 30.1 Å². The molecule has 0 bridgehead atoms. The highest BCUT2D eigenvalue weighted by Crippen LogP contribution is 2.14. The van der Waals surface area contributed by atoms with E-state index >= 15 is 0 Å². The van der Waals surface area contributed by atoms with Crippen molar-refractivity contribution in [2.45, 2.75) is 38.5 Å². The van der Waals surface area contributed by atoms with Gasteiger partial charge in [0.2, 0.25) is 0 Å². The average Bonchev–Trinajstić information content (AvgIpc) is 2.23. The number of thioether (sulfide) groups is 1. The van der Waals surface area contributed by atoms with Crippen molar-refractivity contribution in [1.82, 2.24) is 4.98 Å². The van der Waals surface area contributed by atoms with Crippen molar-refractivity contribution >= 4 is 17.7 Å². The van der Waals surface area contributed by atoms with E-state index in [1.54, 1.807) is 24.2 Å². The smallest absolute Gasteiger partial charge is 0.307 e. The van der Waals surface area contributed by atoms with Gasteiger partial charge in [0.15, 0.2) is 0 Å². The number of carbonyl (C=O) groups excluding carboxylic acids is 1. The van der Waals surface area contributed by atoms with Crippen LogP contribution in [0.4, 0.5) is 0 Å². The van der Waals surface area contributed by atoms with E-state index in [9.17, 15) is 4.79 Å². The lowest BCUT2D eigenvalue weighted by Gasteiger charge is -2.19. The second-order valence-corrected chi connectivity index (χ2v) is 5.85. The van der Waals surface area contributed by atoms with Gasteiger partial charge in [-0.05, 0) is 38.5 Å². The molecule has 1 heterocycles. The molecule has 4 heteroatoms. The van der Waals surface area contributed by atoms with Gasteiger partial charge < -0.3 is 4.74 Å². The minimum absolute atomic E-state index is 0.125. The Bertz CT molecular complexity index is 346. The van der Waals surface area contributed by atoms with Crippen molar-refractivity contribution in [3.63, 3.8) is 0 Å². The van der Waals surface area contributed by atoms with E-state index in [1.165, 1.54) is 5.56 Å². The fourth-order valence-electron chi connectivity index (χ4n) is 1.22. The van der Waals surface area contributed by atoms with Gasteiger partial charge in [-0.3, -0.25) is 9.78 Å². The van der Waals surface area contributed by atoms with Gasteiger partial charge in [0.1, 0.15) is 5.60 Å². The lowest BCUT2D eigenvalue weighted by molar-refractivity contribution is -0.154. The molecule has 94 valence electrons. The summed E-state index contributed by atoms with van der Waals surface area (Å²) in [5.74, 6) is 1.57. The van der Waals surface area contributed by atoms with E-state index in [2.05, 4.69) is 4.98 Å². The largest absolute Gasteiger partial charge is 0.460 e. The molecule has 0 aliphatic heterocycles.